The summed E-state index contributed by atoms with van der Waals surface area (Å²) in [7, 11) is 0. The van der Waals surface area contributed by atoms with E-state index in [-0.39, 0.29) is 46.5 Å². The molecule has 2 bridgehead atoms. The lowest BCUT2D eigenvalue weighted by Gasteiger charge is -2.27. The molecule has 0 unspecified atom stereocenters. The first-order valence-electron chi connectivity index (χ1n) is 6.97. The lowest BCUT2D eigenvalue weighted by molar-refractivity contribution is -0.145. The highest BCUT2D eigenvalue weighted by Gasteiger charge is 2.67. The number of anilines is 1. The molecule has 1 aliphatic heterocycles. The predicted octanol–water partition coefficient (Wildman–Crippen LogP) is 2.85. The van der Waals surface area contributed by atoms with Crippen molar-refractivity contribution in [3.05, 3.63) is 29.3 Å². The van der Waals surface area contributed by atoms with E-state index in [2.05, 4.69) is 21.2 Å². The topological polar surface area (TPSA) is 55.4 Å². The van der Waals surface area contributed by atoms with Crippen LogP contribution in [0.5, 0.6) is 0 Å². The number of rotatable bonds is 2. The number of ether oxygens (including phenoxy) is 1. The van der Waals surface area contributed by atoms with Crippen LogP contribution in [0.15, 0.2) is 24.3 Å². The van der Waals surface area contributed by atoms with E-state index in [1.807, 2.05) is 0 Å². The molecule has 1 N–H and O–H groups in total. The van der Waals surface area contributed by atoms with Crippen LogP contribution in [0.1, 0.15) is 6.42 Å². The molecule has 2 saturated carbocycles. The second-order valence-electron chi connectivity index (χ2n) is 5.96. The maximum absolute atomic E-state index is 12.6. The molecule has 3 aliphatic rings. The van der Waals surface area contributed by atoms with Crippen LogP contribution >= 0.6 is 27.5 Å². The lowest BCUT2D eigenvalue weighted by atomic mass is 9.79. The highest BCUT2D eigenvalue weighted by molar-refractivity contribution is 9.09. The van der Waals surface area contributed by atoms with Crippen molar-refractivity contribution >= 4 is 45.1 Å². The van der Waals surface area contributed by atoms with Crippen LogP contribution in [0.2, 0.25) is 5.02 Å². The van der Waals surface area contributed by atoms with Crippen molar-refractivity contribution in [2.24, 2.45) is 23.7 Å². The first kappa shape index (κ1) is 13.6. The highest BCUT2D eigenvalue weighted by Crippen LogP contribution is 2.60. The Hall–Kier alpha value is -1.07. The molecule has 3 fully saturated rings. The molecule has 0 aromatic heterocycles. The van der Waals surface area contributed by atoms with Gasteiger partial charge in [-0.25, -0.2) is 0 Å². The van der Waals surface area contributed by atoms with Gasteiger partial charge in [-0.1, -0.05) is 33.6 Å². The summed E-state index contributed by atoms with van der Waals surface area (Å²) in [5.74, 6) is -0.590. The average Bonchev–Trinajstić information content (AvgIpc) is 3.02. The predicted molar refractivity (Wildman–Crippen MR) is 81.3 cm³/mol. The number of hydrogen-bond donors (Lipinski definition) is 1. The summed E-state index contributed by atoms with van der Waals surface area (Å²) in [6.07, 6.45) is 0.827. The standard InChI is InChI=1S/C15H13BrClNO3/c16-12-8-5-9-11(15(20)21-13(9)12)10(8)14(19)18-7-3-1-2-6(17)4-7/h1-4,8-13H,5H2,(H,18,19)/t8-,9-,10-,11+,12+,13+/m1/s1. The Balaban J connectivity index is 1.59. The number of hydrogen-bond acceptors (Lipinski definition) is 3. The smallest absolute Gasteiger partial charge is 0.310 e. The summed E-state index contributed by atoms with van der Waals surface area (Å²) in [6.45, 7) is 0. The molecule has 4 rings (SSSR count). The molecule has 6 heteroatoms. The van der Waals surface area contributed by atoms with Crippen LogP contribution in [0.3, 0.4) is 0 Å². The third-order valence-corrected chi connectivity index (χ3v) is 6.35. The Bertz CT molecular complexity index is 637. The van der Waals surface area contributed by atoms with Crippen LogP contribution in [-0.2, 0) is 14.3 Å². The maximum atomic E-state index is 12.6. The first-order valence-corrected chi connectivity index (χ1v) is 8.26. The molecule has 1 aromatic carbocycles. The minimum absolute atomic E-state index is 0.0530. The van der Waals surface area contributed by atoms with E-state index in [0.29, 0.717) is 10.7 Å². The molecule has 21 heavy (non-hydrogen) atoms. The van der Waals surface area contributed by atoms with E-state index < -0.39 is 0 Å². The van der Waals surface area contributed by atoms with Crippen LogP contribution in [0.4, 0.5) is 5.69 Å². The second-order valence-corrected chi connectivity index (χ2v) is 7.45. The van der Waals surface area contributed by atoms with Crippen molar-refractivity contribution in [2.75, 3.05) is 5.32 Å². The number of esters is 1. The molecule has 2 aliphatic carbocycles. The van der Waals surface area contributed by atoms with Crippen molar-refractivity contribution < 1.29 is 14.3 Å². The van der Waals surface area contributed by atoms with Crippen LogP contribution in [0.25, 0.3) is 0 Å². The quantitative estimate of drug-likeness (QED) is 0.643. The summed E-state index contributed by atoms with van der Waals surface area (Å²) < 4.78 is 5.41. The van der Waals surface area contributed by atoms with Gasteiger partial charge in [0.15, 0.2) is 0 Å². The second kappa shape index (κ2) is 4.71. The van der Waals surface area contributed by atoms with Gasteiger partial charge >= 0.3 is 5.97 Å². The van der Waals surface area contributed by atoms with Crippen molar-refractivity contribution in [3.8, 4) is 0 Å². The van der Waals surface area contributed by atoms with Gasteiger partial charge in [-0.3, -0.25) is 9.59 Å². The van der Waals surface area contributed by atoms with Crippen LogP contribution in [0, 0.1) is 23.7 Å². The number of alkyl halides is 1. The zero-order chi connectivity index (χ0) is 14.7. The molecular weight excluding hydrogens is 358 g/mol. The SMILES string of the molecule is O=C(Nc1cccc(Cl)c1)[C@@H]1[C@H]2C[C@H]3[C@H](OC(=O)[C@@H]31)[C@H]2Br. The van der Waals surface area contributed by atoms with Crippen LogP contribution < -0.4 is 5.32 Å². The molecule has 1 aromatic rings. The normalized spacial score (nSPS) is 39.4. The summed E-state index contributed by atoms with van der Waals surface area (Å²) in [5, 5.41) is 3.45. The Labute approximate surface area is 135 Å². The van der Waals surface area contributed by atoms with E-state index >= 15 is 0 Å². The van der Waals surface area contributed by atoms with E-state index in [4.69, 9.17) is 16.3 Å². The largest absolute Gasteiger partial charge is 0.461 e. The van der Waals surface area contributed by atoms with Gasteiger partial charge in [0.25, 0.3) is 0 Å². The number of carbonyl (C=O) groups excluding carboxylic acids is 2. The fourth-order valence-corrected chi connectivity index (χ4v) is 5.36. The molecule has 6 atom stereocenters. The zero-order valence-corrected chi connectivity index (χ0v) is 13.3. The lowest BCUT2D eigenvalue weighted by Crippen LogP contribution is -2.40. The summed E-state index contributed by atoms with van der Waals surface area (Å²) in [4.78, 5) is 24.7. The van der Waals surface area contributed by atoms with Gasteiger partial charge in [-0.05, 0) is 30.5 Å². The van der Waals surface area contributed by atoms with E-state index in [0.717, 1.165) is 6.42 Å². The van der Waals surface area contributed by atoms with Crippen molar-refractivity contribution in [2.45, 2.75) is 17.4 Å². The number of halogens is 2. The number of fused-ring (bicyclic) bond motifs is 1. The highest BCUT2D eigenvalue weighted by atomic mass is 79.9. The van der Waals surface area contributed by atoms with E-state index in [1.165, 1.54) is 0 Å². The maximum Gasteiger partial charge on any atom is 0.310 e. The van der Waals surface area contributed by atoms with Gasteiger partial charge in [0.1, 0.15) is 6.10 Å². The number of carbonyl (C=O) groups is 2. The Morgan fingerprint density at radius 2 is 2.19 bits per heavy atom. The number of benzene rings is 1. The molecule has 0 radical (unpaired) electrons. The Morgan fingerprint density at radius 3 is 2.95 bits per heavy atom. The first-order chi connectivity index (χ1) is 10.1. The van der Waals surface area contributed by atoms with Gasteiger partial charge in [-0.2, -0.15) is 0 Å². The molecule has 1 amide bonds. The van der Waals surface area contributed by atoms with Crippen molar-refractivity contribution in [3.63, 3.8) is 0 Å². The third kappa shape index (κ3) is 1.94. The molecule has 0 spiro atoms. The Morgan fingerprint density at radius 1 is 1.38 bits per heavy atom. The number of amides is 1. The molecule has 4 nitrogen and oxygen atoms in total. The average molecular weight is 371 g/mol. The van der Waals surface area contributed by atoms with Gasteiger partial charge in [0, 0.05) is 16.6 Å². The third-order valence-electron chi connectivity index (χ3n) is 4.92. The van der Waals surface area contributed by atoms with Crippen molar-refractivity contribution in [1.29, 1.82) is 0 Å². The summed E-state index contributed by atoms with van der Waals surface area (Å²) >= 11 is 9.53. The minimum atomic E-state index is -0.315. The monoisotopic (exact) mass is 369 g/mol. The summed E-state index contributed by atoms with van der Waals surface area (Å²) in [5.41, 5.74) is 0.657. The number of nitrogens with one attached hydrogen (secondary N) is 1. The van der Waals surface area contributed by atoms with E-state index in [9.17, 15) is 9.59 Å². The van der Waals surface area contributed by atoms with Gasteiger partial charge < -0.3 is 10.1 Å². The Kier molecular flexibility index (Phi) is 3.05. The molecule has 1 saturated heterocycles. The fourth-order valence-electron chi connectivity index (χ4n) is 4.12. The van der Waals surface area contributed by atoms with E-state index in [1.54, 1.807) is 24.3 Å². The molecule has 1 heterocycles. The molecule has 110 valence electrons. The van der Waals surface area contributed by atoms with Crippen molar-refractivity contribution in [1.82, 2.24) is 0 Å². The zero-order valence-electron chi connectivity index (χ0n) is 11.0. The van der Waals surface area contributed by atoms with Crippen LogP contribution in [-0.4, -0.2) is 22.8 Å². The van der Waals surface area contributed by atoms with Gasteiger partial charge in [0.2, 0.25) is 5.91 Å². The fraction of sp³-hybridized carbons (Fsp3) is 0.467. The summed E-state index contributed by atoms with van der Waals surface area (Å²) in [6, 6.07) is 7.03. The van der Waals surface area contributed by atoms with Gasteiger partial charge in [-0.15, -0.1) is 0 Å². The van der Waals surface area contributed by atoms with Gasteiger partial charge in [0.05, 0.1) is 16.7 Å². The molecular formula is C15H13BrClNO3. The minimum Gasteiger partial charge on any atom is -0.461 e.